The molecule has 3 rings (SSSR count). The van der Waals surface area contributed by atoms with Crippen LogP contribution < -0.4 is 20.8 Å². The second-order valence-corrected chi connectivity index (χ2v) is 8.32. The number of carbonyl (C=O) groups excluding carboxylic acids is 2. The largest absolute Gasteiger partial charge is 0.483 e. The summed E-state index contributed by atoms with van der Waals surface area (Å²) in [5.41, 5.74) is -0.484. The summed E-state index contributed by atoms with van der Waals surface area (Å²) in [5.74, 6) is -3.35. The van der Waals surface area contributed by atoms with Crippen LogP contribution >= 0.6 is 0 Å². The zero-order chi connectivity index (χ0) is 27.7. The summed E-state index contributed by atoms with van der Waals surface area (Å²) in [6.07, 6.45) is 7.56. The highest BCUT2D eigenvalue weighted by Gasteiger charge is 2.26. The van der Waals surface area contributed by atoms with E-state index < -0.39 is 34.9 Å². The van der Waals surface area contributed by atoms with Gasteiger partial charge in [0.15, 0.2) is 11.4 Å². The second-order valence-electron chi connectivity index (χ2n) is 8.32. The van der Waals surface area contributed by atoms with Crippen LogP contribution in [-0.4, -0.2) is 22.4 Å². The predicted molar refractivity (Wildman–Crippen MR) is 141 cm³/mol. The fourth-order valence-corrected chi connectivity index (χ4v) is 3.42. The number of ether oxygens (including phenoxy) is 1. The number of nitrogens with zero attached hydrogens (tertiary/aromatic N) is 1. The van der Waals surface area contributed by atoms with Crippen LogP contribution in [0.5, 0.6) is 5.75 Å². The number of allylic oxidation sites excluding steroid dienone is 1. The Hall–Kier alpha value is -4.53. The molecule has 0 unspecified atom stereocenters. The standard InChI is InChI=1S/C29H28F2N3O4/c1-4-6-14-34-17-23(28(36)32-16-21-12-13-22(30)15-24(21)31)26(35)27(25(34)29(37)33-19(3)5-2)38-18-20-10-8-7-9-11-20/h4-15,17,19H,2,16,18H2,1,3H3,(H,32,36)(H,33,37)/t19-/m0/s1. The van der Waals surface area contributed by atoms with E-state index in [9.17, 15) is 23.2 Å². The highest BCUT2D eigenvalue weighted by atomic mass is 19.1. The van der Waals surface area contributed by atoms with Gasteiger partial charge in [0.1, 0.15) is 23.8 Å². The Morgan fingerprint density at radius 1 is 1.13 bits per heavy atom. The van der Waals surface area contributed by atoms with Crippen LogP contribution in [0.1, 0.15) is 45.8 Å². The number of rotatable bonds is 11. The molecule has 7 nitrogen and oxygen atoms in total. The van der Waals surface area contributed by atoms with Gasteiger partial charge < -0.3 is 19.9 Å². The smallest absolute Gasteiger partial charge is 0.272 e. The van der Waals surface area contributed by atoms with E-state index in [0.29, 0.717) is 6.07 Å². The summed E-state index contributed by atoms with van der Waals surface area (Å²) in [6.45, 7) is 6.80. The number of amides is 2. The van der Waals surface area contributed by atoms with Crippen LogP contribution in [0.15, 0.2) is 78.3 Å². The molecule has 0 aliphatic heterocycles. The van der Waals surface area contributed by atoms with Crippen molar-refractivity contribution in [3.05, 3.63) is 124 Å². The first-order valence-electron chi connectivity index (χ1n) is 11.8. The van der Waals surface area contributed by atoms with E-state index in [2.05, 4.69) is 17.2 Å². The van der Waals surface area contributed by atoms with Crippen LogP contribution in [0.3, 0.4) is 0 Å². The van der Waals surface area contributed by atoms with Gasteiger partial charge in [0.2, 0.25) is 5.43 Å². The quantitative estimate of drug-likeness (QED) is 0.361. The van der Waals surface area contributed by atoms with Crippen LogP contribution in [0, 0.1) is 18.1 Å². The zero-order valence-electron chi connectivity index (χ0n) is 21.0. The molecule has 2 amide bonds. The molecule has 1 aromatic heterocycles. The van der Waals surface area contributed by atoms with Gasteiger partial charge in [-0.2, -0.15) is 0 Å². The first kappa shape index (κ1) is 28.0. The maximum Gasteiger partial charge on any atom is 0.272 e. The van der Waals surface area contributed by atoms with E-state index in [1.807, 2.05) is 6.07 Å². The topological polar surface area (TPSA) is 89.4 Å². The number of hydrogen-bond acceptors (Lipinski definition) is 4. The van der Waals surface area contributed by atoms with Crippen molar-refractivity contribution in [2.45, 2.75) is 33.0 Å². The second kappa shape index (κ2) is 13.1. The van der Waals surface area contributed by atoms with Crippen molar-refractivity contribution in [2.24, 2.45) is 0 Å². The molecule has 0 aliphatic carbocycles. The van der Waals surface area contributed by atoms with Gasteiger partial charge in [-0.3, -0.25) is 14.4 Å². The highest BCUT2D eigenvalue weighted by molar-refractivity contribution is 5.99. The van der Waals surface area contributed by atoms with Crippen LogP contribution in [0.2, 0.25) is 0 Å². The van der Waals surface area contributed by atoms with Gasteiger partial charge >= 0.3 is 0 Å². The van der Waals surface area contributed by atoms with Gasteiger partial charge in [0.25, 0.3) is 11.8 Å². The number of halogens is 2. The summed E-state index contributed by atoms with van der Waals surface area (Å²) < 4.78 is 34.4. The molecular weight excluding hydrogens is 492 g/mol. The molecule has 1 atom stereocenters. The Kier molecular flexibility index (Phi) is 9.70. The molecule has 2 N–H and O–H groups in total. The summed E-state index contributed by atoms with van der Waals surface area (Å²) >= 11 is 0. The van der Waals surface area contributed by atoms with Crippen LogP contribution in [-0.2, 0) is 13.2 Å². The average molecular weight is 521 g/mol. The molecule has 197 valence electrons. The van der Waals surface area contributed by atoms with Crippen LogP contribution in [0.4, 0.5) is 8.78 Å². The van der Waals surface area contributed by atoms with Gasteiger partial charge in [-0.15, -0.1) is 6.58 Å². The Labute approximate surface area is 219 Å². The third-order valence-electron chi connectivity index (χ3n) is 5.48. The third-order valence-corrected chi connectivity index (χ3v) is 5.48. The maximum atomic E-state index is 14.0. The van der Waals surface area contributed by atoms with E-state index in [0.717, 1.165) is 11.6 Å². The maximum absolute atomic E-state index is 14.0. The Bertz CT molecular complexity index is 1400. The minimum absolute atomic E-state index is 0.0375. The van der Waals surface area contributed by atoms with Crippen LogP contribution in [0.25, 0.3) is 6.20 Å². The molecule has 0 spiro atoms. The van der Waals surface area contributed by atoms with Crippen molar-refractivity contribution in [3.63, 3.8) is 0 Å². The molecule has 0 bridgehead atoms. The molecule has 38 heavy (non-hydrogen) atoms. The number of nitrogens with one attached hydrogen (secondary N) is 2. The summed E-state index contributed by atoms with van der Waals surface area (Å²) in [4.78, 5) is 39.8. The molecule has 0 saturated carbocycles. The zero-order valence-corrected chi connectivity index (χ0v) is 21.0. The number of pyridine rings is 1. The lowest BCUT2D eigenvalue weighted by atomic mass is 10.1. The summed E-state index contributed by atoms with van der Waals surface area (Å²) in [7, 11) is 0. The van der Waals surface area contributed by atoms with E-state index in [1.165, 1.54) is 29.1 Å². The van der Waals surface area contributed by atoms with Crippen molar-refractivity contribution in [2.75, 3.05) is 0 Å². The van der Waals surface area contributed by atoms with Gasteiger partial charge in [-0.1, -0.05) is 55.5 Å². The molecule has 1 heterocycles. The lowest BCUT2D eigenvalue weighted by molar-refractivity contribution is 0.0923. The Morgan fingerprint density at radius 3 is 2.53 bits per heavy atom. The van der Waals surface area contributed by atoms with Gasteiger partial charge in [-0.25, -0.2) is 8.78 Å². The molecular formula is C29H28F2N3O4. The Morgan fingerprint density at radius 2 is 1.87 bits per heavy atom. The van der Waals surface area contributed by atoms with Crippen molar-refractivity contribution >= 4 is 18.0 Å². The number of carbonyl (C=O) groups is 2. The van der Waals surface area contributed by atoms with Gasteiger partial charge in [-0.05, 0) is 25.0 Å². The van der Waals surface area contributed by atoms with E-state index in [1.54, 1.807) is 50.6 Å². The number of aromatic nitrogens is 1. The minimum Gasteiger partial charge on any atom is -0.483 e. The predicted octanol–water partition coefficient (Wildman–Crippen LogP) is 4.63. The molecule has 1 radical (unpaired) electrons. The summed E-state index contributed by atoms with van der Waals surface area (Å²) in [6, 6.07) is 11.6. The lowest BCUT2D eigenvalue weighted by Crippen LogP contribution is -2.36. The minimum atomic E-state index is -0.834. The molecule has 0 aliphatic rings. The molecule has 3 aromatic rings. The lowest BCUT2D eigenvalue weighted by Gasteiger charge is -2.18. The molecule has 9 heteroatoms. The van der Waals surface area contributed by atoms with E-state index in [-0.39, 0.29) is 35.7 Å². The van der Waals surface area contributed by atoms with Crippen molar-refractivity contribution in [1.82, 2.24) is 15.2 Å². The molecule has 0 saturated heterocycles. The fourth-order valence-electron chi connectivity index (χ4n) is 3.42. The first-order valence-corrected chi connectivity index (χ1v) is 11.8. The number of benzene rings is 2. The average Bonchev–Trinajstić information content (AvgIpc) is 2.91. The van der Waals surface area contributed by atoms with Gasteiger partial charge in [0, 0.05) is 36.6 Å². The molecule has 2 aromatic carbocycles. The van der Waals surface area contributed by atoms with Crippen molar-refractivity contribution in [3.8, 4) is 5.75 Å². The highest BCUT2D eigenvalue weighted by Crippen LogP contribution is 2.19. The molecule has 0 fully saturated rings. The third kappa shape index (κ3) is 7.03. The van der Waals surface area contributed by atoms with Crippen molar-refractivity contribution < 1.29 is 23.1 Å². The van der Waals surface area contributed by atoms with Gasteiger partial charge in [0.05, 0.1) is 0 Å². The normalized spacial score (nSPS) is 11.7. The Balaban J connectivity index is 2.06. The summed E-state index contributed by atoms with van der Waals surface area (Å²) in [5, 5.41) is 5.20. The monoisotopic (exact) mass is 520 g/mol. The first-order chi connectivity index (χ1) is 18.2. The fraction of sp³-hybridized carbons (Fsp3) is 0.172. The van der Waals surface area contributed by atoms with E-state index >= 15 is 0 Å². The van der Waals surface area contributed by atoms with E-state index in [4.69, 9.17) is 4.74 Å². The number of hydrogen-bond donors (Lipinski definition) is 2. The SMILES string of the molecule is C=C[C@H](C)NC(=O)c1c(OCc2ccccc2)c(=O)c(C(=O)NCc2ccc(F)cc2F)cn1C=C[CH]C. The van der Waals surface area contributed by atoms with Crippen molar-refractivity contribution in [1.29, 1.82) is 0 Å².